The fourth-order valence-electron chi connectivity index (χ4n) is 6.13. The highest BCUT2D eigenvalue weighted by Crippen LogP contribution is 2.27. The van der Waals surface area contributed by atoms with Crippen molar-refractivity contribution in [1.29, 1.82) is 0 Å². The maximum Gasteiger partial charge on any atom is 0.225 e. The Kier molecular flexibility index (Phi) is 10.2. The molecule has 1 aromatic carbocycles. The second-order valence-electron chi connectivity index (χ2n) is 11.6. The number of aryl methyl sites for hydroxylation is 1. The van der Waals surface area contributed by atoms with E-state index in [0.29, 0.717) is 12.5 Å². The minimum atomic E-state index is 0.528. The molecule has 228 valence electrons. The quantitative estimate of drug-likeness (QED) is 0.189. The van der Waals surface area contributed by atoms with Gasteiger partial charge in [-0.25, -0.2) is 4.98 Å². The molecule has 1 aliphatic heterocycles. The van der Waals surface area contributed by atoms with E-state index in [2.05, 4.69) is 71.4 Å². The van der Waals surface area contributed by atoms with E-state index in [1.165, 1.54) is 44.2 Å². The third-order valence-corrected chi connectivity index (χ3v) is 8.51. The van der Waals surface area contributed by atoms with Crippen molar-refractivity contribution in [2.24, 2.45) is 0 Å². The molecule has 2 fully saturated rings. The summed E-state index contributed by atoms with van der Waals surface area (Å²) in [6.45, 7) is 8.18. The lowest BCUT2D eigenvalue weighted by Gasteiger charge is -2.37. The number of anilines is 3. The van der Waals surface area contributed by atoms with Gasteiger partial charge in [-0.3, -0.25) is 9.67 Å². The molecule has 1 saturated heterocycles. The van der Waals surface area contributed by atoms with Crippen LogP contribution in [0.3, 0.4) is 0 Å². The Morgan fingerprint density at radius 3 is 2.47 bits per heavy atom. The van der Waals surface area contributed by atoms with Gasteiger partial charge in [0.2, 0.25) is 5.95 Å². The van der Waals surface area contributed by atoms with Crippen molar-refractivity contribution >= 4 is 28.4 Å². The second kappa shape index (κ2) is 15.1. The van der Waals surface area contributed by atoms with Crippen LogP contribution >= 0.6 is 0 Å². The summed E-state index contributed by atoms with van der Waals surface area (Å²) in [6, 6.07) is 13.1. The molecule has 11 heteroatoms. The Balaban J connectivity index is 0.955. The Labute approximate surface area is 254 Å². The van der Waals surface area contributed by atoms with E-state index in [0.717, 1.165) is 87.2 Å². The number of aromatic nitrogens is 6. The zero-order valence-electron chi connectivity index (χ0n) is 25.2. The molecule has 2 aliphatic rings. The first-order chi connectivity index (χ1) is 21.3. The first kappa shape index (κ1) is 29.3. The van der Waals surface area contributed by atoms with Crippen molar-refractivity contribution in [3.63, 3.8) is 0 Å². The summed E-state index contributed by atoms with van der Waals surface area (Å²) >= 11 is 0. The molecule has 0 unspecified atom stereocenters. The van der Waals surface area contributed by atoms with Gasteiger partial charge >= 0.3 is 0 Å². The Hall–Kier alpha value is -3.83. The number of hydrogen-bond donors (Lipinski definition) is 3. The molecule has 0 radical (unpaired) electrons. The van der Waals surface area contributed by atoms with Crippen LogP contribution in [0.4, 0.5) is 17.5 Å². The lowest BCUT2D eigenvalue weighted by molar-refractivity contribution is 0.371. The van der Waals surface area contributed by atoms with Crippen molar-refractivity contribution in [2.75, 3.05) is 60.9 Å². The smallest absolute Gasteiger partial charge is 0.225 e. The van der Waals surface area contributed by atoms with E-state index < -0.39 is 0 Å². The maximum absolute atomic E-state index is 4.97. The molecular formula is C32H45N11. The van der Waals surface area contributed by atoms with Gasteiger partial charge in [0.15, 0.2) is 0 Å². The molecule has 3 N–H and O–H groups in total. The summed E-state index contributed by atoms with van der Waals surface area (Å²) in [6.07, 6.45) is 14.8. The van der Waals surface area contributed by atoms with Gasteiger partial charge in [0.25, 0.3) is 0 Å². The molecular weight excluding hydrogens is 538 g/mol. The highest BCUT2D eigenvalue weighted by Gasteiger charge is 2.21. The number of fused-ring (bicyclic) bond motifs is 1. The van der Waals surface area contributed by atoms with Gasteiger partial charge in [-0.05, 0) is 69.6 Å². The number of piperazine rings is 1. The van der Waals surface area contributed by atoms with E-state index in [-0.39, 0.29) is 0 Å². The van der Waals surface area contributed by atoms with Gasteiger partial charge in [-0.1, -0.05) is 36.6 Å². The van der Waals surface area contributed by atoms with Crippen LogP contribution in [0.1, 0.15) is 50.6 Å². The number of hydrogen-bond acceptors (Lipinski definition) is 10. The van der Waals surface area contributed by atoms with Crippen LogP contribution in [0.2, 0.25) is 0 Å². The minimum absolute atomic E-state index is 0.528. The predicted molar refractivity (Wildman–Crippen MR) is 173 cm³/mol. The number of benzene rings is 1. The number of rotatable bonds is 14. The standard InChI is InChI=1S/C32H45N11/c1-2-8-26(9-3-1)35-16-6-14-33-15-7-19-43-25-27(39-40-43)24-36-32-37-30-11-5-4-10-29(30)31(38-32)42-22-20-41(21-23-42)28-12-17-34-18-13-28/h4-5,10-13,17-18,25-26,33,35H,1-3,6-9,14-16,19-24H2,(H,36,37,38). The van der Waals surface area contributed by atoms with Gasteiger partial charge < -0.3 is 25.8 Å². The molecule has 11 nitrogen and oxygen atoms in total. The fourth-order valence-corrected chi connectivity index (χ4v) is 6.13. The second-order valence-corrected chi connectivity index (χ2v) is 11.6. The van der Waals surface area contributed by atoms with E-state index >= 15 is 0 Å². The van der Waals surface area contributed by atoms with Crippen LogP contribution in [0.25, 0.3) is 10.9 Å². The zero-order valence-corrected chi connectivity index (χ0v) is 25.2. The summed E-state index contributed by atoms with van der Waals surface area (Å²) < 4.78 is 1.93. The maximum atomic E-state index is 4.97. The molecule has 4 heterocycles. The van der Waals surface area contributed by atoms with Crippen molar-refractivity contribution in [2.45, 2.75) is 64.1 Å². The van der Waals surface area contributed by atoms with Crippen LogP contribution in [-0.4, -0.2) is 81.8 Å². The summed E-state index contributed by atoms with van der Waals surface area (Å²) in [4.78, 5) is 18.7. The zero-order chi connectivity index (χ0) is 29.1. The molecule has 4 aromatic rings. The van der Waals surface area contributed by atoms with Crippen molar-refractivity contribution in [1.82, 2.24) is 40.6 Å². The molecule has 0 bridgehead atoms. The van der Waals surface area contributed by atoms with E-state index in [1.807, 2.05) is 29.3 Å². The topological polar surface area (TPSA) is 112 Å². The minimum Gasteiger partial charge on any atom is -0.368 e. The molecule has 0 atom stereocenters. The monoisotopic (exact) mass is 583 g/mol. The third kappa shape index (κ3) is 8.17. The predicted octanol–water partition coefficient (Wildman–Crippen LogP) is 3.85. The highest BCUT2D eigenvalue weighted by atomic mass is 15.4. The Bertz CT molecular complexity index is 1390. The average molecular weight is 584 g/mol. The molecule has 3 aromatic heterocycles. The molecule has 0 amide bonds. The Morgan fingerprint density at radius 1 is 0.814 bits per heavy atom. The normalized spacial score (nSPS) is 16.2. The summed E-state index contributed by atoms with van der Waals surface area (Å²) in [5.74, 6) is 1.59. The van der Waals surface area contributed by atoms with E-state index in [4.69, 9.17) is 9.97 Å². The first-order valence-electron chi connectivity index (χ1n) is 16.1. The largest absolute Gasteiger partial charge is 0.368 e. The van der Waals surface area contributed by atoms with Crippen LogP contribution in [0.15, 0.2) is 55.0 Å². The summed E-state index contributed by atoms with van der Waals surface area (Å²) in [5, 5.41) is 20.5. The van der Waals surface area contributed by atoms with Gasteiger partial charge in [-0.15, -0.1) is 5.10 Å². The lowest BCUT2D eigenvalue weighted by Crippen LogP contribution is -2.47. The van der Waals surface area contributed by atoms with Gasteiger partial charge in [0, 0.05) is 62.2 Å². The molecule has 0 spiro atoms. The number of nitrogens with zero attached hydrogens (tertiary/aromatic N) is 8. The summed E-state index contributed by atoms with van der Waals surface area (Å²) in [7, 11) is 0. The number of nitrogens with one attached hydrogen (secondary N) is 3. The average Bonchev–Trinajstić information content (AvgIpc) is 3.53. The fraction of sp³-hybridized carbons (Fsp3) is 0.531. The van der Waals surface area contributed by atoms with Crippen LogP contribution in [-0.2, 0) is 13.1 Å². The third-order valence-electron chi connectivity index (χ3n) is 8.51. The first-order valence-corrected chi connectivity index (χ1v) is 16.1. The van der Waals surface area contributed by atoms with Gasteiger partial charge in [-0.2, -0.15) is 4.98 Å². The van der Waals surface area contributed by atoms with Crippen molar-refractivity contribution in [3.05, 3.63) is 60.7 Å². The van der Waals surface area contributed by atoms with Crippen molar-refractivity contribution in [3.8, 4) is 0 Å². The van der Waals surface area contributed by atoms with Gasteiger partial charge in [0.1, 0.15) is 11.5 Å². The Morgan fingerprint density at radius 2 is 1.60 bits per heavy atom. The molecule has 6 rings (SSSR count). The van der Waals surface area contributed by atoms with Crippen LogP contribution < -0.4 is 25.8 Å². The highest BCUT2D eigenvalue weighted by molar-refractivity contribution is 5.90. The molecule has 43 heavy (non-hydrogen) atoms. The van der Waals surface area contributed by atoms with E-state index in [9.17, 15) is 0 Å². The van der Waals surface area contributed by atoms with Crippen LogP contribution in [0, 0.1) is 0 Å². The van der Waals surface area contributed by atoms with Crippen LogP contribution in [0.5, 0.6) is 0 Å². The van der Waals surface area contributed by atoms with Gasteiger partial charge in [0.05, 0.1) is 18.3 Å². The van der Waals surface area contributed by atoms with E-state index in [1.54, 1.807) is 0 Å². The number of pyridine rings is 1. The number of para-hydroxylation sites is 1. The molecule has 1 saturated carbocycles. The van der Waals surface area contributed by atoms with Crippen molar-refractivity contribution < 1.29 is 0 Å². The lowest BCUT2D eigenvalue weighted by atomic mass is 9.95. The molecule has 1 aliphatic carbocycles. The summed E-state index contributed by atoms with van der Waals surface area (Å²) in [5.41, 5.74) is 3.03. The SMILES string of the molecule is c1ccc2c(N3CCN(c4ccncc4)CC3)nc(NCc3cn(CCCNCCCNC4CCCCC4)nn3)nc2c1.